The molecule has 0 amide bonds. The van der Waals surface area contributed by atoms with Crippen LogP contribution in [0.25, 0.3) is 0 Å². The maximum absolute atomic E-state index is 11.3. The van der Waals surface area contributed by atoms with Crippen LogP contribution in [-0.4, -0.2) is 25.2 Å². The minimum absolute atomic E-state index is 0.0563. The average Bonchev–Trinajstić information content (AvgIpc) is 2.78. The Morgan fingerprint density at radius 3 is 1.68 bits per heavy atom. The van der Waals surface area contributed by atoms with Crippen LogP contribution >= 0.6 is 0 Å². The highest BCUT2D eigenvalue weighted by Gasteiger charge is 2.16. The number of benzene rings is 3. The molecule has 5 nitrogen and oxygen atoms in total. The van der Waals surface area contributed by atoms with Gasteiger partial charge in [0.25, 0.3) is 0 Å². The van der Waals surface area contributed by atoms with Crippen LogP contribution in [0.2, 0.25) is 0 Å². The quantitative estimate of drug-likeness (QED) is 0.415. The Bertz CT molecular complexity index is 932. The second kappa shape index (κ2) is 11.0. The summed E-state index contributed by atoms with van der Waals surface area (Å²) in [5.74, 6) is -0.699. The molecule has 0 aliphatic heterocycles. The Balaban J connectivity index is 1.86. The smallest absolute Gasteiger partial charge is 0.302 e. The monoisotopic (exact) mass is 417 g/mol. The fraction of sp³-hybridized carbons (Fsp3) is 0.231. The molecule has 5 heteroatoms. The zero-order valence-corrected chi connectivity index (χ0v) is 17.9. The van der Waals surface area contributed by atoms with E-state index in [1.54, 1.807) is 0 Å². The summed E-state index contributed by atoms with van der Waals surface area (Å²) in [7, 11) is 0. The molecular formula is C26H27NO4. The van der Waals surface area contributed by atoms with E-state index in [2.05, 4.69) is 41.3 Å². The molecule has 0 radical (unpaired) electrons. The third kappa shape index (κ3) is 6.44. The van der Waals surface area contributed by atoms with Gasteiger partial charge in [-0.1, -0.05) is 48.5 Å². The van der Waals surface area contributed by atoms with Crippen LogP contribution in [0.4, 0.5) is 17.1 Å². The summed E-state index contributed by atoms with van der Waals surface area (Å²) in [5.41, 5.74) is 4.17. The topological polar surface area (TPSA) is 55.8 Å². The predicted octanol–water partition coefficient (Wildman–Crippen LogP) is 5.76. The van der Waals surface area contributed by atoms with Gasteiger partial charge < -0.3 is 14.4 Å². The zero-order valence-electron chi connectivity index (χ0n) is 17.9. The van der Waals surface area contributed by atoms with E-state index in [-0.39, 0.29) is 31.1 Å². The van der Waals surface area contributed by atoms with E-state index in [4.69, 9.17) is 9.47 Å². The van der Waals surface area contributed by atoms with E-state index in [0.717, 1.165) is 22.6 Å². The molecule has 1 unspecified atom stereocenters. The summed E-state index contributed by atoms with van der Waals surface area (Å²) in [6.07, 6.45) is 0.577. The normalized spacial score (nSPS) is 11.4. The van der Waals surface area contributed by atoms with E-state index in [1.807, 2.05) is 48.5 Å². The first-order chi connectivity index (χ1) is 15.0. The molecule has 0 aliphatic carbocycles. The summed E-state index contributed by atoms with van der Waals surface area (Å²) >= 11 is 0. The van der Waals surface area contributed by atoms with Crippen LogP contribution in [0, 0.1) is 0 Å². The van der Waals surface area contributed by atoms with Crippen molar-refractivity contribution in [2.24, 2.45) is 0 Å². The van der Waals surface area contributed by atoms with Gasteiger partial charge in [0.15, 0.2) is 0 Å². The Kier molecular flexibility index (Phi) is 7.82. The lowest BCUT2D eigenvalue weighted by molar-refractivity contribution is -0.144. The van der Waals surface area contributed by atoms with Crippen molar-refractivity contribution < 1.29 is 19.1 Å². The van der Waals surface area contributed by atoms with E-state index >= 15 is 0 Å². The van der Waals surface area contributed by atoms with Crippen molar-refractivity contribution in [3.63, 3.8) is 0 Å². The zero-order chi connectivity index (χ0) is 22.1. The number of carbonyl (C=O) groups excluding carboxylic acids is 2. The van der Waals surface area contributed by atoms with Gasteiger partial charge in [-0.25, -0.2) is 0 Å². The number of ether oxygens (including phenoxy) is 2. The van der Waals surface area contributed by atoms with Crippen LogP contribution in [0.3, 0.4) is 0 Å². The van der Waals surface area contributed by atoms with Crippen LogP contribution < -0.4 is 4.90 Å². The molecule has 0 spiro atoms. The van der Waals surface area contributed by atoms with Gasteiger partial charge in [-0.05, 0) is 48.4 Å². The van der Waals surface area contributed by atoms with Gasteiger partial charge in [0, 0.05) is 36.8 Å². The van der Waals surface area contributed by atoms with Gasteiger partial charge in [0.05, 0.1) is 13.2 Å². The molecule has 0 N–H and O–H groups in total. The maximum atomic E-state index is 11.3. The highest BCUT2D eigenvalue weighted by Crippen LogP contribution is 2.35. The van der Waals surface area contributed by atoms with E-state index in [0.29, 0.717) is 6.42 Å². The molecule has 0 fully saturated rings. The number of nitrogens with zero attached hydrogens (tertiary/aromatic N) is 1. The van der Waals surface area contributed by atoms with Crippen LogP contribution in [0.1, 0.15) is 31.7 Å². The molecule has 0 aliphatic rings. The lowest BCUT2D eigenvalue weighted by atomic mass is 9.96. The average molecular weight is 418 g/mol. The first-order valence-electron chi connectivity index (χ1n) is 10.3. The van der Waals surface area contributed by atoms with Gasteiger partial charge in [-0.2, -0.15) is 0 Å². The number of anilines is 3. The Labute approximate surface area is 183 Å². The van der Waals surface area contributed by atoms with Crippen molar-refractivity contribution in [1.29, 1.82) is 0 Å². The molecule has 0 saturated heterocycles. The number of rotatable bonds is 9. The second-order valence-electron chi connectivity index (χ2n) is 7.23. The van der Waals surface area contributed by atoms with Crippen molar-refractivity contribution in [2.45, 2.75) is 26.2 Å². The summed E-state index contributed by atoms with van der Waals surface area (Å²) in [6.45, 7) is 3.31. The fourth-order valence-corrected chi connectivity index (χ4v) is 3.41. The second-order valence-corrected chi connectivity index (χ2v) is 7.23. The lowest BCUT2D eigenvalue weighted by Crippen LogP contribution is -2.15. The van der Waals surface area contributed by atoms with E-state index in [9.17, 15) is 9.59 Å². The molecule has 31 heavy (non-hydrogen) atoms. The minimum atomic E-state index is -0.326. The highest BCUT2D eigenvalue weighted by atomic mass is 16.5. The van der Waals surface area contributed by atoms with Crippen molar-refractivity contribution >= 4 is 29.0 Å². The summed E-state index contributed by atoms with van der Waals surface area (Å²) in [5, 5.41) is 0. The molecule has 0 heterocycles. The van der Waals surface area contributed by atoms with Gasteiger partial charge in [-0.3, -0.25) is 9.59 Å². The molecule has 0 saturated carbocycles. The van der Waals surface area contributed by atoms with Crippen LogP contribution in [0.15, 0.2) is 84.9 Å². The number of esters is 2. The maximum Gasteiger partial charge on any atom is 0.302 e. The largest absolute Gasteiger partial charge is 0.466 e. The highest BCUT2D eigenvalue weighted by molar-refractivity contribution is 5.76. The lowest BCUT2D eigenvalue weighted by Gasteiger charge is -2.26. The fourth-order valence-electron chi connectivity index (χ4n) is 3.41. The Morgan fingerprint density at radius 2 is 1.19 bits per heavy atom. The third-order valence-corrected chi connectivity index (χ3v) is 4.91. The first kappa shape index (κ1) is 22.1. The first-order valence-corrected chi connectivity index (χ1v) is 10.3. The van der Waals surface area contributed by atoms with Crippen LogP contribution in [0.5, 0.6) is 0 Å². The SMILES string of the molecule is CC(=O)OCCC(COC(C)=O)c1ccc(N(c2ccccc2)c2ccccc2)cc1. The molecule has 3 aromatic carbocycles. The Morgan fingerprint density at radius 1 is 0.710 bits per heavy atom. The molecular weight excluding hydrogens is 390 g/mol. The van der Waals surface area contributed by atoms with Gasteiger partial charge in [0.2, 0.25) is 0 Å². The van der Waals surface area contributed by atoms with Crippen molar-refractivity contribution in [3.8, 4) is 0 Å². The summed E-state index contributed by atoms with van der Waals surface area (Å²) < 4.78 is 10.3. The van der Waals surface area contributed by atoms with Gasteiger partial charge in [-0.15, -0.1) is 0 Å². The molecule has 3 aromatic rings. The van der Waals surface area contributed by atoms with Crippen molar-refractivity contribution in [2.75, 3.05) is 18.1 Å². The van der Waals surface area contributed by atoms with Crippen molar-refractivity contribution in [3.05, 3.63) is 90.5 Å². The standard InChI is InChI=1S/C26H27NO4/c1-20(28)30-18-17-23(19-31-21(2)29)22-13-15-26(16-14-22)27(24-9-5-3-6-10-24)25-11-7-4-8-12-25/h3-16,23H,17-19H2,1-2H3. The predicted molar refractivity (Wildman–Crippen MR) is 122 cm³/mol. The molecule has 0 aromatic heterocycles. The van der Waals surface area contributed by atoms with Crippen LogP contribution in [-0.2, 0) is 19.1 Å². The van der Waals surface area contributed by atoms with Crippen molar-refractivity contribution in [1.82, 2.24) is 0 Å². The Hall–Kier alpha value is -3.60. The number of hydrogen-bond donors (Lipinski definition) is 0. The minimum Gasteiger partial charge on any atom is -0.466 e. The summed E-state index contributed by atoms with van der Waals surface area (Å²) in [4.78, 5) is 24.6. The van der Waals surface area contributed by atoms with Gasteiger partial charge in [0.1, 0.15) is 0 Å². The summed E-state index contributed by atoms with van der Waals surface area (Å²) in [6, 6.07) is 28.5. The van der Waals surface area contributed by atoms with Gasteiger partial charge >= 0.3 is 11.9 Å². The third-order valence-electron chi connectivity index (χ3n) is 4.91. The van der Waals surface area contributed by atoms with E-state index in [1.165, 1.54) is 13.8 Å². The number of carbonyl (C=O) groups is 2. The molecule has 3 rings (SSSR count). The molecule has 160 valence electrons. The number of hydrogen-bond acceptors (Lipinski definition) is 5. The van der Waals surface area contributed by atoms with E-state index < -0.39 is 0 Å². The molecule has 1 atom stereocenters. The molecule has 0 bridgehead atoms. The number of para-hydroxylation sites is 2.